The molecule has 0 saturated carbocycles. The second kappa shape index (κ2) is 8.86. The molecule has 0 unspecified atom stereocenters. The molecule has 5 nitrogen and oxygen atoms in total. The molecule has 0 saturated heterocycles. The highest BCUT2D eigenvalue weighted by Gasteiger charge is 2.11. The summed E-state index contributed by atoms with van der Waals surface area (Å²) in [6, 6.07) is 5.66. The summed E-state index contributed by atoms with van der Waals surface area (Å²) >= 11 is 0. The Morgan fingerprint density at radius 1 is 1.27 bits per heavy atom. The van der Waals surface area contributed by atoms with Gasteiger partial charge < -0.3 is 14.9 Å². The summed E-state index contributed by atoms with van der Waals surface area (Å²) in [6.45, 7) is 5.29. The molecule has 0 aliphatic carbocycles. The molecular formula is C22H21F3N4O. The first kappa shape index (κ1) is 21.2. The van der Waals surface area contributed by atoms with Gasteiger partial charge in [-0.25, -0.2) is 13.2 Å². The third-order valence-corrected chi connectivity index (χ3v) is 4.58. The number of alkyl halides is 1. The summed E-state index contributed by atoms with van der Waals surface area (Å²) in [7, 11) is 0. The minimum atomic E-state index is -1.31. The van der Waals surface area contributed by atoms with Crippen molar-refractivity contribution in [3.63, 3.8) is 0 Å². The summed E-state index contributed by atoms with van der Waals surface area (Å²) in [4.78, 5) is 19.3. The van der Waals surface area contributed by atoms with Crippen molar-refractivity contribution < 1.29 is 13.2 Å². The van der Waals surface area contributed by atoms with Crippen LogP contribution in [0.4, 0.5) is 24.8 Å². The highest BCUT2D eigenvalue weighted by atomic mass is 19.2. The van der Waals surface area contributed by atoms with Crippen LogP contribution < -0.4 is 10.9 Å². The Morgan fingerprint density at radius 3 is 2.73 bits per heavy atom. The lowest BCUT2D eigenvalue weighted by molar-refractivity contribution is 0.458. The largest absolute Gasteiger partial charge is 0.361 e. The molecule has 0 amide bonds. The molecule has 0 bridgehead atoms. The number of hydrogen-bond acceptors (Lipinski definition) is 3. The number of halogens is 3. The van der Waals surface area contributed by atoms with Crippen LogP contribution in [0.2, 0.25) is 0 Å². The van der Waals surface area contributed by atoms with Gasteiger partial charge in [0.15, 0.2) is 0 Å². The lowest BCUT2D eigenvalue weighted by Crippen LogP contribution is -2.19. The van der Waals surface area contributed by atoms with Crippen LogP contribution in [0.25, 0.3) is 10.9 Å². The number of anilines is 2. The molecule has 2 aromatic heterocycles. The van der Waals surface area contributed by atoms with Crippen molar-refractivity contribution in [2.45, 2.75) is 20.4 Å². The maximum absolute atomic E-state index is 13.5. The SMILES string of the molecule is C=C(F)/C=C(\C=C(\F)CF)Cn1cc(C)c(=O)nc1Nc1ccc2[nH]ccc2c1C. The number of aryl methyl sites for hydroxylation is 2. The average Bonchev–Trinajstić information content (AvgIpc) is 3.16. The summed E-state index contributed by atoms with van der Waals surface area (Å²) in [5.41, 5.74) is 2.67. The quantitative estimate of drug-likeness (QED) is 0.515. The Bertz CT molecular complexity index is 1220. The molecule has 0 fully saturated rings. The van der Waals surface area contributed by atoms with Gasteiger partial charge in [0.2, 0.25) is 5.95 Å². The van der Waals surface area contributed by atoms with E-state index in [9.17, 15) is 18.0 Å². The van der Waals surface area contributed by atoms with Crippen LogP contribution in [0.1, 0.15) is 11.1 Å². The fourth-order valence-electron chi connectivity index (χ4n) is 3.13. The van der Waals surface area contributed by atoms with E-state index in [0.29, 0.717) is 5.56 Å². The molecule has 30 heavy (non-hydrogen) atoms. The van der Waals surface area contributed by atoms with Gasteiger partial charge in [0, 0.05) is 34.5 Å². The molecular weight excluding hydrogens is 393 g/mol. The zero-order chi connectivity index (χ0) is 21.8. The van der Waals surface area contributed by atoms with Gasteiger partial charge in [-0.2, -0.15) is 4.98 Å². The van der Waals surface area contributed by atoms with E-state index < -0.39 is 23.9 Å². The molecule has 0 aliphatic heterocycles. The van der Waals surface area contributed by atoms with E-state index in [2.05, 4.69) is 21.9 Å². The van der Waals surface area contributed by atoms with E-state index in [0.717, 1.165) is 34.3 Å². The fraction of sp³-hybridized carbons (Fsp3) is 0.182. The number of rotatable bonds is 7. The van der Waals surface area contributed by atoms with Gasteiger partial charge in [0.25, 0.3) is 5.56 Å². The minimum Gasteiger partial charge on any atom is -0.361 e. The van der Waals surface area contributed by atoms with Crippen LogP contribution in [0.15, 0.2) is 71.3 Å². The summed E-state index contributed by atoms with van der Waals surface area (Å²) < 4.78 is 41.0. The van der Waals surface area contributed by atoms with E-state index in [1.165, 1.54) is 10.8 Å². The zero-order valence-corrected chi connectivity index (χ0v) is 16.6. The van der Waals surface area contributed by atoms with Gasteiger partial charge in [-0.1, -0.05) is 6.58 Å². The Morgan fingerprint density at radius 2 is 2.03 bits per heavy atom. The molecule has 1 aromatic carbocycles. The van der Waals surface area contributed by atoms with E-state index in [1.54, 1.807) is 6.92 Å². The molecule has 156 valence electrons. The third kappa shape index (κ3) is 4.71. The average molecular weight is 414 g/mol. The first-order chi connectivity index (χ1) is 14.3. The molecule has 0 radical (unpaired) electrons. The van der Waals surface area contributed by atoms with Crippen molar-refractivity contribution >= 4 is 22.5 Å². The van der Waals surface area contributed by atoms with Crippen molar-refractivity contribution in [2.24, 2.45) is 0 Å². The molecule has 2 N–H and O–H groups in total. The molecule has 3 aromatic rings. The van der Waals surface area contributed by atoms with Crippen LogP contribution in [0.5, 0.6) is 0 Å². The first-order valence-electron chi connectivity index (χ1n) is 9.17. The lowest BCUT2D eigenvalue weighted by Gasteiger charge is -2.17. The van der Waals surface area contributed by atoms with Gasteiger partial charge >= 0.3 is 0 Å². The number of fused-ring (bicyclic) bond motifs is 1. The van der Waals surface area contributed by atoms with E-state index in [4.69, 9.17) is 0 Å². The highest BCUT2D eigenvalue weighted by molar-refractivity contribution is 5.88. The standard InChI is InChI=1S/C22H21F3N4O/c1-13-11-29(12-16(8-14(2)24)9-17(25)10-23)22(28-21(13)30)27-19-4-5-20-18(15(19)3)6-7-26-20/h4-9,11,26H,2,10,12H2,1,3H3,(H,27,28,30)/b16-8+,17-9+. The third-order valence-electron chi connectivity index (χ3n) is 4.58. The predicted octanol–water partition coefficient (Wildman–Crippen LogP) is 5.32. The van der Waals surface area contributed by atoms with Crippen LogP contribution in [-0.4, -0.2) is 21.2 Å². The maximum atomic E-state index is 13.5. The van der Waals surface area contributed by atoms with Crippen LogP contribution >= 0.6 is 0 Å². The topological polar surface area (TPSA) is 62.7 Å². The lowest BCUT2D eigenvalue weighted by atomic mass is 10.1. The maximum Gasteiger partial charge on any atom is 0.277 e. The molecule has 8 heteroatoms. The van der Waals surface area contributed by atoms with Crippen molar-refractivity contribution in [1.29, 1.82) is 0 Å². The highest BCUT2D eigenvalue weighted by Crippen LogP contribution is 2.27. The Balaban J connectivity index is 2.04. The van der Waals surface area contributed by atoms with Gasteiger partial charge in [0.05, 0.1) is 6.54 Å². The van der Waals surface area contributed by atoms with Gasteiger partial charge in [-0.3, -0.25) is 4.79 Å². The summed E-state index contributed by atoms with van der Waals surface area (Å²) in [6.07, 6.45) is 5.26. The molecule has 0 atom stereocenters. The minimum absolute atomic E-state index is 0.0573. The summed E-state index contributed by atoms with van der Waals surface area (Å²) in [5, 5.41) is 4.13. The van der Waals surface area contributed by atoms with Gasteiger partial charge in [-0.05, 0) is 55.3 Å². The van der Waals surface area contributed by atoms with Crippen LogP contribution in [0, 0.1) is 13.8 Å². The first-order valence-corrected chi connectivity index (χ1v) is 9.17. The monoisotopic (exact) mass is 414 g/mol. The van der Waals surface area contributed by atoms with Crippen molar-refractivity contribution in [2.75, 3.05) is 12.0 Å². The Labute approximate surface area is 171 Å². The number of aromatic amines is 1. The number of allylic oxidation sites excluding steroid dienone is 5. The number of hydrogen-bond donors (Lipinski definition) is 2. The Kier molecular flexibility index (Phi) is 6.25. The van der Waals surface area contributed by atoms with Crippen molar-refractivity contribution in [3.05, 3.63) is 88.0 Å². The molecule has 0 spiro atoms. The van der Waals surface area contributed by atoms with E-state index in [-0.39, 0.29) is 18.1 Å². The predicted molar refractivity (Wildman–Crippen MR) is 113 cm³/mol. The van der Waals surface area contributed by atoms with Crippen LogP contribution in [0.3, 0.4) is 0 Å². The fourth-order valence-corrected chi connectivity index (χ4v) is 3.13. The number of H-pyrrole nitrogens is 1. The summed E-state index contributed by atoms with van der Waals surface area (Å²) in [5.74, 6) is -1.66. The zero-order valence-electron chi connectivity index (χ0n) is 16.6. The van der Waals surface area contributed by atoms with Gasteiger partial charge in [0.1, 0.15) is 18.3 Å². The molecule has 2 heterocycles. The Hall–Kier alpha value is -3.55. The normalized spacial score (nSPS) is 12.4. The van der Waals surface area contributed by atoms with E-state index in [1.807, 2.05) is 31.3 Å². The van der Waals surface area contributed by atoms with Crippen LogP contribution in [-0.2, 0) is 6.54 Å². The number of aromatic nitrogens is 3. The number of nitrogens with zero attached hydrogens (tertiary/aromatic N) is 2. The smallest absolute Gasteiger partial charge is 0.277 e. The second-order valence-electron chi connectivity index (χ2n) is 6.87. The number of nitrogens with one attached hydrogen (secondary N) is 2. The second-order valence-corrected chi connectivity index (χ2v) is 6.87. The van der Waals surface area contributed by atoms with Gasteiger partial charge in [-0.15, -0.1) is 0 Å². The molecule has 0 aliphatic rings. The molecule has 3 rings (SSSR count). The van der Waals surface area contributed by atoms with Crippen molar-refractivity contribution in [1.82, 2.24) is 14.5 Å². The number of benzene rings is 1. The van der Waals surface area contributed by atoms with E-state index >= 15 is 0 Å². The van der Waals surface area contributed by atoms with Crippen molar-refractivity contribution in [3.8, 4) is 0 Å².